The van der Waals surface area contributed by atoms with Gasteiger partial charge in [-0.3, -0.25) is 4.79 Å². The van der Waals surface area contributed by atoms with Gasteiger partial charge in [-0.2, -0.15) is 9.78 Å². The molecule has 0 saturated carbocycles. The van der Waals surface area contributed by atoms with Gasteiger partial charge in [-0.15, -0.1) is 0 Å². The Kier molecular flexibility index (Phi) is 7.22. The lowest BCUT2D eigenvalue weighted by atomic mass is 10.1. The zero-order chi connectivity index (χ0) is 22.5. The maximum atomic E-state index is 13.2. The molecule has 3 rings (SSSR count). The van der Waals surface area contributed by atoms with Gasteiger partial charge in [-0.25, -0.2) is 9.78 Å². The van der Waals surface area contributed by atoms with E-state index in [4.69, 9.17) is 14.5 Å². The van der Waals surface area contributed by atoms with Crippen molar-refractivity contribution in [1.82, 2.24) is 9.66 Å². The van der Waals surface area contributed by atoms with Crippen molar-refractivity contribution in [3.05, 3.63) is 68.7 Å². The van der Waals surface area contributed by atoms with Crippen LogP contribution in [0, 0.1) is 0 Å². The summed E-state index contributed by atoms with van der Waals surface area (Å²) in [5, 5.41) is 4.94. The average molecular weight is 486 g/mol. The summed E-state index contributed by atoms with van der Waals surface area (Å²) in [6.07, 6.45) is 1.57. The van der Waals surface area contributed by atoms with E-state index in [0.29, 0.717) is 28.0 Å². The van der Waals surface area contributed by atoms with Gasteiger partial charge in [0.2, 0.25) is 0 Å². The third-order valence-electron chi connectivity index (χ3n) is 4.95. The average Bonchev–Trinajstić information content (AvgIpc) is 2.78. The molecular formula is C23H24BrN3O4. The standard InChI is InChI=1S/C23H24BrN3O4/c1-5-14(2)21-26-19-11-10-17(24)12-18(19)22(28)27(21)25-13-16-8-6-7-9-20(16)31-15(3)23(29)30-4/h6-15H,5H2,1-4H3/t14-,15-/m1/s1. The Balaban J connectivity index is 2.08. The first-order valence-electron chi connectivity index (χ1n) is 9.95. The van der Waals surface area contributed by atoms with E-state index in [0.717, 1.165) is 10.9 Å². The molecule has 8 heteroatoms. The van der Waals surface area contributed by atoms with Crippen LogP contribution in [0.3, 0.4) is 0 Å². The predicted octanol–water partition coefficient (Wildman–Crippen LogP) is 4.50. The fourth-order valence-corrected chi connectivity index (χ4v) is 3.36. The molecule has 0 bridgehead atoms. The van der Waals surface area contributed by atoms with Crippen molar-refractivity contribution in [2.24, 2.45) is 5.10 Å². The molecular weight excluding hydrogens is 462 g/mol. The molecule has 0 aliphatic rings. The van der Waals surface area contributed by atoms with Crippen molar-refractivity contribution < 1.29 is 14.3 Å². The Morgan fingerprint density at radius 2 is 2.00 bits per heavy atom. The molecule has 1 heterocycles. The summed E-state index contributed by atoms with van der Waals surface area (Å²) in [5.74, 6) is 0.591. The summed E-state index contributed by atoms with van der Waals surface area (Å²) in [6, 6.07) is 12.6. The molecule has 0 saturated heterocycles. The number of hydrogen-bond donors (Lipinski definition) is 0. The normalized spacial score (nSPS) is 13.3. The van der Waals surface area contributed by atoms with Crippen LogP contribution in [0.4, 0.5) is 0 Å². The third kappa shape index (κ3) is 5.02. The molecule has 0 N–H and O–H groups in total. The molecule has 0 spiro atoms. The van der Waals surface area contributed by atoms with E-state index in [1.54, 1.807) is 31.2 Å². The second kappa shape index (κ2) is 9.87. The Hall–Kier alpha value is -3.00. The number of methoxy groups -OCH3 is 1. The lowest BCUT2D eigenvalue weighted by Gasteiger charge is -2.15. The highest BCUT2D eigenvalue weighted by Gasteiger charge is 2.17. The Morgan fingerprint density at radius 3 is 2.71 bits per heavy atom. The largest absolute Gasteiger partial charge is 0.478 e. The van der Waals surface area contributed by atoms with E-state index in [9.17, 15) is 9.59 Å². The maximum absolute atomic E-state index is 13.2. The summed E-state index contributed by atoms with van der Waals surface area (Å²) < 4.78 is 12.6. The minimum absolute atomic E-state index is 0.0312. The van der Waals surface area contributed by atoms with E-state index >= 15 is 0 Å². The Labute approximate surface area is 188 Å². The number of para-hydroxylation sites is 1. The summed E-state index contributed by atoms with van der Waals surface area (Å²) in [6.45, 7) is 5.65. The number of benzene rings is 2. The van der Waals surface area contributed by atoms with Crippen LogP contribution >= 0.6 is 15.9 Å². The number of ether oxygens (including phenoxy) is 2. The van der Waals surface area contributed by atoms with Crippen LogP contribution in [-0.4, -0.2) is 35.1 Å². The Bertz CT molecular complexity index is 1190. The molecule has 2 atom stereocenters. The quantitative estimate of drug-likeness (QED) is 0.363. The van der Waals surface area contributed by atoms with Gasteiger partial charge in [-0.1, -0.05) is 41.9 Å². The Morgan fingerprint density at radius 1 is 1.26 bits per heavy atom. The van der Waals surface area contributed by atoms with Crippen LogP contribution in [0.5, 0.6) is 5.75 Å². The van der Waals surface area contributed by atoms with Crippen LogP contribution in [0.1, 0.15) is 44.5 Å². The lowest BCUT2D eigenvalue weighted by Crippen LogP contribution is -2.25. The summed E-state index contributed by atoms with van der Waals surface area (Å²) in [5.41, 5.74) is 0.999. The van der Waals surface area contributed by atoms with Crippen molar-refractivity contribution in [3.8, 4) is 5.75 Å². The third-order valence-corrected chi connectivity index (χ3v) is 5.45. The molecule has 0 aliphatic carbocycles. The SMILES string of the molecule is CC[C@@H](C)c1nc2ccc(Br)cc2c(=O)n1N=Cc1ccccc1O[C@H](C)C(=O)OC. The van der Waals surface area contributed by atoms with Crippen LogP contribution in [0.15, 0.2) is 56.8 Å². The van der Waals surface area contributed by atoms with E-state index < -0.39 is 12.1 Å². The van der Waals surface area contributed by atoms with Gasteiger partial charge in [0, 0.05) is 16.0 Å². The fraction of sp³-hybridized carbons (Fsp3) is 0.304. The molecule has 7 nitrogen and oxygen atoms in total. The molecule has 31 heavy (non-hydrogen) atoms. The van der Waals surface area contributed by atoms with Crippen molar-refractivity contribution in [2.75, 3.05) is 7.11 Å². The van der Waals surface area contributed by atoms with Gasteiger partial charge in [0.15, 0.2) is 6.10 Å². The minimum atomic E-state index is -0.780. The van der Waals surface area contributed by atoms with Gasteiger partial charge < -0.3 is 9.47 Å². The van der Waals surface area contributed by atoms with Crippen LogP contribution in [0.2, 0.25) is 0 Å². The topological polar surface area (TPSA) is 82.8 Å². The van der Waals surface area contributed by atoms with Gasteiger partial charge in [0.1, 0.15) is 11.6 Å². The molecule has 1 aromatic heterocycles. The number of esters is 1. The smallest absolute Gasteiger partial charge is 0.346 e. The minimum Gasteiger partial charge on any atom is -0.478 e. The highest BCUT2D eigenvalue weighted by molar-refractivity contribution is 9.10. The number of rotatable bonds is 7. The zero-order valence-electron chi connectivity index (χ0n) is 17.8. The van der Waals surface area contributed by atoms with E-state index in [2.05, 4.69) is 21.0 Å². The maximum Gasteiger partial charge on any atom is 0.346 e. The van der Waals surface area contributed by atoms with E-state index in [1.807, 2.05) is 32.0 Å². The molecule has 0 amide bonds. The summed E-state index contributed by atoms with van der Waals surface area (Å²) in [7, 11) is 1.31. The first kappa shape index (κ1) is 22.7. The number of halogens is 1. The zero-order valence-corrected chi connectivity index (χ0v) is 19.4. The van der Waals surface area contributed by atoms with Gasteiger partial charge in [0.25, 0.3) is 5.56 Å². The van der Waals surface area contributed by atoms with Gasteiger partial charge in [-0.05, 0) is 43.7 Å². The van der Waals surface area contributed by atoms with Crippen molar-refractivity contribution in [1.29, 1.82) is 0 Å². The molecule has 2 aromatic carbocycles. The lowest BCUT2D eigenvalue weighted by molar-refractivity contribution is -0.147. The number of carbonyl (C=O) groups excluding carboxylic acids is 1. The van der Waals surface area contributed by atoms with Crippen LogP contribution < -0.4 is 10.3 Å². The second-order valence-electron chi connectivity index (χ2n) is 7.12. The van der Waals surface area contributed by atoms with Crippen molar-refractivity contribution >= 4 is 39.0 Å². The summed E-state index contributed by atoms with van der Waals surface area (Å²) >= 11 is 3.41. The first-order valence-corrected chi connectivity index (χ1v) is 10.7. The highest BCUT2D eigenvalue weighted by atomic mass is 79.9. The highest BCUT2D eigenvalue weighted by Crippen LogP contribution is 2.22. The fourth-order valence-electron chi connectivity index (χ4n) is 3.00. The molecule has 0 unspecified atom stereocenters. The van der Waals surface area contributed by atoms with Gasteiger partial charge in [0.05, 0.1) is 24.2 Å². The van der Waals surface area contributed by atoms with Crippen LogP contribution in [-0.2, 0) is 9.53 Å². The molecule has 3 aromatic rings. The second-order valence-corrected chi connectivity index (χ2v) is 8.04. The van der Waals surface area contributed by atoms with E-state index in [-0.39, 0.29) is 11.5 Å². The number of nitrogens with zero attached hydrogens (tertiary/aromatic N) is 3. The summed E-state index contributed by atoms with van der Waals surface area (Å²) in [4.78, 5) is 29.6. The first-order chi connectivity index (χ1) is 14.8. The molecule has 0 aliphatic heterocycles. The van der Waals surface area contributed by atoms with Gasteiger partial charge >= 0.3 is 5.97 Å². The number of hydrogen-bond acceptors (Lipinski definition) is 6. The van der Waals surface area contributed by atoms with Crippen molar-refractivity contribution in [2.45, 2.75) is 39.2 Å². The molecule has 0 radical (unpaired) electrons. The predicted molar refractivity (Wildman–Crippen MR) is 124 cm³/mol. The van der Waals surface area contributed by atoms with E-state index in [1.165, 1.54) is 18.0 Å². The monoisotopic (exact) mass is 485 g/mol. The molecule has 0 fully saturated rings. The number of fused-ring (bicyclic) bond motifs is 1. The molecule has 162 valence electrons. The van der Waals surface area contributed by atoms with Crippen LogP contribution in [0.25, 0.3) is 10.9 Å². The number of carbonyl (C=O) groups is 1. The van der Waals surface area contributed by atoms with Crippen molar-refractivity contribution in [3.63, 3.8) is 0 Å². The number of aromatic nitrogens is 2.